The van der Waals surface area contributed by atoms with Gasteiger partial charge in [-0.1, -0.05) is 50.4 Å². The van der Waals surface area contributed by atoms with Gasteiger partial charge in [0, 0.05) is 53.7 Å². The third-order valence-electron chi connectivity index (χ3n) is 12.6. The molecule has 3 amide bonds. The van der Waals surface area contributed by atoms with Crippen LogP contribution in [-0.4, -0.2) is 92.4 Å². The first kappa shape index (κ1) is 39.0. The van der Waals surface area contributed by atoms with Crippen molar-refractivity contribution in [1.82, 2.24) is 29.8 Å². The Bertz CT molecular complexity index is 2490. The number of anilines is 1. The lowest BCUT2D eigenvalue weighted by atomic mass is 9.48. The van der Waals surface area contributed by atoms with Crippen molar-refractivity contribution in [2.24, 2.45) is 22.0 Å². The van der Waals surface area contributed by atoms with E-state index in [4.69, 9.17) is 22.1 Å². The molecule has 0 radical (unpaired) electrons. The number of carbonyl (C=O) groups excluding carboxylic acids is 3. The molecule has 1 unspecified atom stereocenters. The lowest BCUT2D eigenvalue weighted by molar-refractivity contribution is -0.216. The van der Waals surface area contributed by atoms with Crippen molar-refractivity contribution in [2.45, 2.75) is 71.6 Å². The molecule has 1 saturated carbocycles. The summed E-state index contributed by atoms with van der Waals surface area (Å²) in [5.74, 6) is 5.46. The second kappa shape index (κ2) is 14.5. The maximum Gasteiger partial charge on any atom is 0.278 e. The van der Waals surface area contributed by atoms with Crippen LogP contribution in [0, 0.1) is 39.4 Å². The van der Waals surface area contributed by atoms with Crippen LogP contribution >= 0.6 is 11.6 Å². The van der Waals surface area contributed by atoms with Crippen LogP contribution in [0.25, 0.3) is 10.9 Å². The summed E-state index contributed by atoms with van der Waals surface area (Å²) in [6.45, 7) is 12.2. The maximum absolute atomic E-state index is 14.3. The molecule has 2 N–H and O–H groups in total. The number of imide groups is 1. The normalized spacial score (nSPS) is 23.3. The molecule has 5 heterocycles. The number of nitrogens with two attached hydrogens (primary N) is 1. The van der Waals surface area contributed by atoms with Crippen molar-refractivity contribution >= 4 is 45.9 Å². The number of nitriles is 1. The van der Waals surface area contributed by atoms with E-state index in [9.17, 15) is 24.4 Å². The fourth-order valence-corrected chi connectivity index (χ4v) is 10.1. The smallest absolute Gasteiger partial charge is 0.278 e. The highest BCUT2D eigenvalue weighted by molar-refractivity contribution is 6.31. The van der Waals surface area contributed by atoms with Crippen molar-refractivity contribution in [3.63, 3.8) is 0 Å². The Morgan fingerprint density at radius 1 is 1.02 bits per heavy atom. The molecule has 2 aromatic heterocycles. The first-order valence-electron chi connectivity index (χ1n) is 19.5. The largest absolute Gasteiger partial charge is 0.489 e. The minimum Gasteiger partial charge on any atom is -0.489 e. The number of hydrogen-bond donors (Lipinski definition) is 1. The molecule has 2 aromatic carbocycles. The van der Waals surface area contributed by atoms with Gasteiger partial charge < -0.3 is 15.4 Å². The molecule has 4 fully saturated rings. The van der Waals surface area contributed by atoms with Crippen LogP contribution in [0.3, 0.4) is 0 Å². The molecule has 3 saturated heterocycles. The van der Waals surface area contributed by atoms with Gasteiger partial charge in [-0.15, -0.1) is 5.10 Å². The van der Waals surface area contributed by atoms with Crippen molar-refractivity contribution in [3.8, 4) is 23.7 Å². The maximum atomic E-state index is 14.3. The summed E-state index contributed by atoms with van der Waals surface area (Å²) < 4.78 is 7.54. The monoisotopic (exact) mass is 801 g/mol. The number of rotatable bonds is 7. The van der Waals surface area contributed by atoms with Gasteiger partial charge in [-0.05, 0) is 80.7 Å². The number of likely N-dealkylation sites (tertiary alicyclic amines) is 2. The Hall–Kier alpha value is -5.83. The Labute approximate surface area is 340 Å². The molecule has 1 aliphatic carbocycles. The number of fused-ring (bicyclic) bond motifs is 1. The molecule has 0 bridgehead atoms. The van der Waals surface area contributed by atoms with E-state index in [1.54, 1.807) is 36.4 Å². The number of ether oxygens (including phenoxy) is 1. The van der Waals surface area contributed by atoms with E-state index in [-0.39, 0.29) is 29.2 Å². The van der Waals surface area contributed by atoms with E-state index in [0.717, 1.165) is 49.4 Å². The number of piperidine rings is 2. The van der Waals surface area contributed by atoms with Crippen LogP contribution < -0.4 is 20.9 Å². The fraction of sp³-hybridized carbons (Fsp3) is 0.442. The highest BCUT2D eigenvalue weighted by Gasteiger charge is 2.68. The lowest BCUT2D eigenvalue weighted by Crippen LogP contribution is -2.77. The molecule has 4 aromatic rings. The van der Waals surface area contributed by atoms with Gasteiger partial charge in [0.1, 0.15) is 35.2 Å². The zero-order valence-corrected chi connectivity index (χ0v) is 33.6. The van der Waals surface area contributed by atoms with Crippen LogP contribution in [0.1, 0.15) is 81.0 Å². The average molecular weight is 802 g/mol. The predicted octanol–water partition coefficient (Wildman–Crippen LogP) is 4.34. The van der Waals surface area contributed by atoms with Gasteiger partial charge in [-0.25, -0.2) is 4.98 Å². The molecule has 15 heteroatoms. The summed E-state index contributed by atoms with van der Waals surface area (Å²) >= 11 is 6.27. The Kier molecular flexibility index (Phi) is 9.77. The van der Waals surface area contributed by atoms with Crippen molar-refractivity contribution in [1.29, 1.82) is 5.26 Å². The molecule has 3 aliphatic heterocycles. The van der Waals surface area contributed by atoms with Crippen molar-refractivity contribution in [3.05, 3.63) is 86.9 Å². The summed E-state index contributed by atoms with van der Waals surface area (Å²) in [6, 6.07) is 14.3. The number of carbonyl (C=O) groups is 3. The first-order chi connectivity index (χ1) is 27.6. The van der Waals surface area contributed by atoms with E-state index < -0.39 is 46.4 Å². The number of halogens is 1. The number of pyridine rings is 1. The molecular formula is C43H44ClN9O5. The third kappa shape index (κ3) is 6.74. The van der Waals surface area contributed by atoms with E-state index in [1.165, 1.54) is 11.1 Å². The minimum atomic E-state index is -0.982. The Morgan fingerprint density at radius 2 is 1.76 bits per heavy atom. The molecule has 8 rings (SSSR count). The zero-order valence-electron chi connectivity index (χ0n) is 32.9. The molecule has 1 spiro atoms. The molecule has 298 valence electrons. The minimum absolute atomic E-state index is 0.0777. The van der Waals surface area contributed by atoms with E-state index >= 15 is 0 Å². The fourth-order valence-electron chi connectivity index (χ4n) is 9.91. The number of benzene rings is 2. The van der Waals surface area contributed by atoms with Gasteiger partial charge in [0.05, 0.1) is 34.1 Å². The van der Waals surface area contributed by atoms with Crippen LogP contribution in [-0.2, 0) is 9.59 Å². The predicted molar refractivity (Wildman–Crippen MR) is 216 cm³/mol. The van der Waals surface area contributed by atoms with Gasteiger partial charge >= 0.3 is 0 Å². The Balaban J connectivity index is 0.908. The van der Waals surface area contributed by atoms with Crippen LogP contribution in [0.15, 0.2) is 59.5 Å². The second-order valence-corrected chi connectivity index (χ2v) is 17.6. The highest BCUT2D eigenvalue weighted by atomic mass is 35.5. The summed E-state index contributed by atoms with van der Waals surface area (Å²) in [5.41, 5.74) is 6.48. The average Bonchev–Trinajstić information content (AvgIpc) is 3.18. The second-order valence-electron chi connectivity index (χ2n) is 17.2. The summed E-state index contributed by atoms with van der Waals surface area (Å²) in [6.07, 6.45) is 3.38. The lowest BCUT2D eigenvalue weighted by Gasteiger charge is -2.65. The van der Waals surface area contributed by atoms with Gasteiger partial charge in [0.2, 0.25) is 11.8 Å². The van der Waals surface area contributed by atoms with E-state index in [1.807, 2.05) is 45.9 Å². The number of nitrogens with zero attached hydrogens (tertiary/aromatic N) is 8. The van der Waals surface area contributed by atoms with Crippen molar-refractivity contribution in [2.75, 3.05) is 37.6 Å². The van der Waals surface area contributed by atoms with E-state index in [2.05, 4.69) is 36.9 Å². The number of hydrogen-bond acceptors (Lipinski definition) is 11. The molecule has 14 nitrogen and oxygen atoms in total. The molecular weight excluding hydrogens is 758 g/mol. The number of amides is 3. The van der Waals surface area contributed by atoms with Crippen LogP contribution in [0.4, 0.5) is 5.69 Å². The summed E-state index contributed by atoms with van der Waals surface area (Å²) in [4.78, 5) is 63.1. The van der Waals surface area contributed by atoms with Crippen LogP contribution in [0.2, 0.25) is 5.02 Å². The third-order valence-corrected chi connectivity index (χ3v) is 12.9. The zero-order chi connectivity index (χ0) is 41.1. The van der Waals surface area contributed by atoms with Gasteiger partial charge in [0.25, 0.3) is 11.5 Å². The molecule has 58 heavy (non-hydrogen) atoms. The van der Waals surface area contributed by atoms with Crippen molar-refractivity contribution < 1.29 is 19.1 Å². The quantitative estimate of drug-likeness (QED) is 0.208. The summed E-state index contributed by atoms with van der Waals surface area (Å²) in [7, 11) is 0. The standard InChI is InChI=1S/C43H44ClN9O5/c1-41(2)39(42(3,4)40(41)58-30-11-8-26(22-45)32(44)21-30)52-35(54)14-13-34(38(52)57)53-37(56)31-12-10-29(20-33(31)48-49-53)51-24-43(25-51)15-18-50(19-16-43)17-5-6-28-9-7-27(23-47-28)36(46)55/h7-12,20-21,23,34,39-40H,13-19,24-25H2,1-4H3,(H2,46,55). The highest BCUT2D eigenvalue weighted by Crippen LogP contribution is 2.59. The number of aromatic nitrogens is 4. The summed E-state index contributed by atoms with van der Waals surface area (Å²) in [5, 5.41) is 18.6. The Morgan fingerprint density at radius 3 is 2.41 bits per heavy atom. The molecule has 1 atom stereocenters. The van der Waals surface area contributed by atoms with Gasteiger partial charge in [-0.2, -0.15) is 9.94 Å². The van der Waals surface area contributed by atoms with Gasteiger partial charge in [-0.3, -0.25) is 29.0 Å². The topological polar surface area (TPSA) is 181 Å². The van der Waals surface area contributed by atoms with Gasteiger partial charge in [0.15, 0.2) is 0 Å². The van der Waals surface area contributed by atoms with Crippen LogP contribution in [0.5, 0.6) is 5.75 Å². The van der Waals surface area contributed by atoms with E-state index in [0.29, 0.717) is 40.0 Å². The first-order valence-corrected chi connectivity index (χ1v) is 19.8. The SMILES string of the molecule is CC1(C)C(Oc2ccc(C#N)c(Cl)c2)C(C)(C)C1N1C(=O)CCC(n2nnc3cc(N4CC5(CCN(CC#Cc6ccc(C(N)=O)cn6)CC5)C4)ccc3c2=O)C1=O. The molecule has 4 aliphatic rings. The number of primary amides is 1.